The van der Waals surface area contributed by atoms with Gasteiger partial charge in [0.15, 0.2) is 5.78 Å². The third-order valence-corrected chi connectivity index (χ3v) is 7.38. The summed E-state index contributed by atoms with van der Waals surface area (Å²) < 4.78 is 0. The van der Waals surface area contributed by atoms with E-state index < -0.39 is 35.6 Å². The van der Waals surface area contributed by atoms with E-state index in [1.165, 1.54) is 25.1 Å². The first-order chi connectivity index (χ1) is 16.1. The zero-order valence-corrected chi connectivity index (χ0v) is 20.8. The summed E-state index contributed by atoms with van der Waals surface area (Å²) in [5, 5.41) is 2.30. The lowest BCUT2D eigenvalue weighted by atomic mass is 9.76. The van der Waals surface area contributed by atoms with Crippen molar-refractivity contribution in [2.45, 2.75) is 46.1 Å². The fourth-order valence-corrected chi connectivity index (χ4v) is 5.37. The number of imide groups is 1. The Morgan fingerprint density at radius 2 is 1.65 bits per heavy atom. The van der Waals surface area contributed by atoms with E-state index in [1.807, 2.05) is 6.92 Å². The van der Waals surface area contributed by atoms with E-state index in [2.05, 4.69) is 6.92 Å². The highest BCUT2D eigenvalue weighted by Crippen LogP contribution is 2.42. The predicted octanol–water partition coefficient (Wildman–Crippen LogP) is 5.35. The van der Waals surface area contributed by atoms with Crippen LogP contribution in [-0.4, -0.2) is 39.6 Å². The molecule has 3 amide bonds. The summed E-state index contributed by atoms with van der Waals surface area (Å²) in [6.45, 7) is 5.48. The minimum absolute atomic E-state index is 0.0541. The van der Waals surface area contributed by atoms with Crippen molar-refractivity contribution >= 4 is 46.7 Å². The molecule has 2 aromatic carbocycles. The molecule has 1 aliphatic heterocycles. The first kappa shape index (κ1) is 24.4. The highest BCUT2D eigenvalue weighted by Gasteiger charge is 2.54. The molecule has 4 rings (SSSR count). The molecule has 1 heterocycles. The standard InChI is InChI=1S/C26H26Cl2N2O4/c1-14-4-7-17(8-5-14)23(31)16(3)29(25(33)20-11-9-18(27)13-22(20)28)30-24(32)19-10-6-15(2)12-21(19)26(30)34/h4-5,7-9,11,13,15-16,19,21H,6,10,12H2,1-3H3/t15-,16-,19+,21+/m0/s1. The second-order valence-electron chi connectivity index (χ2n) is 9.30. The molecule has 0 aromatic heterocycles. The van der Waals surface area contributed by atoms with E-state index in [9.17, 15) is 19.2 Å². The van der Waals surface area contributed by atoms with Crippen LogP contribution in [-0.2, 0) is 9.59 Å². The maximum Gasteiger partial charge on any atom is 0.275 e. The molecule has 0 N–H and O–H groups in total. The van der Waals surface area contributed by atoms with Crippen LogP contribution in [0.2, 0.25) is 10.0 Å². The van der Waals surface area contributed by atoms with E-state index in [0.29, 0.717) is 29.3 Å². The molecule has 1 aliphatic carbocycles. The number of ketones is 1. The van der Waals surface area contributed by atoms with E-state index in [-0.39, 0.29) is 16.4 Å². The van der Waals surface area contributed by atoms with Crippen molar-refractivity contribution in [2.75, 3.05) is 0 Å². The van der Waals surface area contributed by atoms with Crippen molar-refractivity contribution in [2.24, 2.45) is 17.8 Å². The molecule has 34 heavy (non-hydrogen) atoms. The number of rotatable bonds is 5. The molecule has 0 bridgehead atoms. The van der Waals surface area contributed by atoms with Gasteiger partial charge in [-0.05, 0) is 57.2 Å². The summed E-state index contributed by atoms with van der Waals surface area (Å²) in [6.07, 6.45) is 2.00. The number of hydrogen-bond donors (Lipinski definition) is 0. The molecule has 178 valence electrons. The molecule has 0 radical (unpaired) electrons. The number of halogens is 2. The smallest absolute Gasteiger partial charge is 0.275 e. The van der Waals surface area contributed by atoms with Crippen LogP contribution in [0, 0.1) is 24.7 Å². The molecule has 1 saturated heterocycles. The molecule has 4 atom stereocenters. The Bertz CT molecular complexity index is 1160. The second kappa shape index (κ2) is 9.51. The van der Waals surface area contributed by atoms with Gasteiger partial charge in [-0.2, -0.15) is 5.01 Å². The fourth-order valence-electron chi connectivity index (χ4n) is 4.88. The zero-order valence-electron chi connectivity index (χ0n) is 19.3. The summed E-state index contributed by atoms with van der Waals surface area (Å²) in [4.78, 5) is 54.1. The van der Waals surface area contributed by atoms with Gasteiger partial charge in [0.25, 0.3) is 17.7 Å². The number of carbonyl (C=O) groups excluding carboxylic acids is 4. The maximum absolute atomic E-state index is 13.8. The number of hydrogen-bond acceptors (Lipinski definition) is 4. The molecular weight excluding hydrogens is 475 g/mol. The van der Waals surface area contributed by atoms with Gasteiger partial charge in [-0.15, -0.1) is 0 Å². The molecule has 8 heteroatoms. The number of fused-ring (bicyclic) bond motifs is 1. The summed E-state index contributed by atoms with van der Waals surface area (Å²) in [6, 6.07) is 10.2. The van der Waals surface area contributed by atoms with Crippen LogP contribution < -0.4 is 0 Å². The molecule has 2 fully saturated rings. The highest BCUT2D eigenvalue weighted by molar-refractivity contribution is 6.36. The topological polar surface area (TPSA) is 74.8 Å². The largest absolute Gasteiger partial charge is 0.292 e. The SMILES string of the molecule is Cc1ccc(C(=O)[C@H](C)N(C(=O)c2ccc(Cl)cc2Cl)N2C(=O)[C@@H]3CC[C@H](C)C[C@H]3C2=O)cc1. The first-order valence-electron chi connectivity index (χ1n) is 11.4. The second-order valence-corrected chi connectivity index (χ2v) is 10.1. The van der Waals surface area contributed by atoms with Crippen LogP contribution in [0.25, 0.3) is 0 Å². The quantitative estimate of drug-likeness (QED) is 0.409. The van der Waals surface area contributed by atoms with Gasteiger partial charge in [-0.3, -0.25) is 19.2 Å². The van der Waals surface area contributed by atoms with Crippen molar-refractivity contribution in [3.63, 3.8) is 0 Å². The Morgan fingerprint density at radius 1 is 1.00 bits per heavy atom. The Balaban J connectivity index is 1.77. The monoisotopic (exact) mass is 500 g/mol. The molecule has 0 spiro atoms. The molecular formula is C26H26Cl2N2O4. The van der Waals surface area contributed by atoms with Crippen LogP contribution in [0.1, 0.15) is 59.4 Å². The average Bonchev–Trinajstić information content (AvgIpc) is 3.03. The van der Waals surface area contributed by atoms with Crippen molar-refractivity contribution < 1.29 is 19.2 Å². The Labute approximate surface area is 208 Å². The van der Waals surface area contributed by atoms with Gasteiger partial charge < -0.3 is 0 Å². The van der Waals surface area contributed by atoms with Gasteiger partial charge >= 0.3 is 0 Å². The van der Waals surface area contributed by atoms with Gasteiger partial charge in [0, 0.05) is 10.6 Å². The van der Waals surface area contributed by atoms with Crippen molar-refractivity contribution in [1.29, 1.82) is 0 Å². The lowest BCUT2D eigenvalue weighted by molar-refractivity contribution is -0.156. The average molecular weight is 501 g/mol. The van der Waals surface area contributed by atoms with E-state index in [0.717, 1.165) is 22.0 Å². The normalized spacial score (nSPS) is 23.0. The molecule has 6 nitrogen and oxygen atoms in total. The number of carbonyl (C=O) groups is 4. The summed E-state index contributed by atoms with van der Waals surface area (Å²) in [5.41, 5.74) is 1.41. The first-order valence-corrected chi connectivity index (χ1v) is 12.1. The maximum atomic E-state index is 13.8. The minimum Gasteiger partial charge on any atom is -0.292 e. The van der Waals surface area contributed by atoms with Gasteiger partial charge in [-0.1, -0.05) is 60.0 Å². The van der Waals surface area contributed by atoms with Crippen LogP contribution in [0.4, 0.5) is 0 Å². The van der Waals surface area contributed by atoms with Gasteiger partial charge in [0.2, 0.25) is 0 Å². The summed E-state index contributed by atoms with van der Waals surface area (Å²) in [7, 11) is 0. The predicted molar refractivity (Wildman–Crippen MR) is 129 cm³/mol. The highest BCUT2D eigenvalue weighted by atomic mass is 35.5. The molecule has 1 saturated carbocycles. The lowest BCUT2D eigenvalue weighted by Gasteiger charge is -2.35. The third-order valence-electron chi connectivity index (χ3n) is 6.83. The van der Waals surface area contributed by atoms with Crippen molar-refractivity contribution in [3.05, 3.63) is 69.2 Å². The van der Waals surface area contributed by atoms with Crippen molar-refractivity contribution in [1.82, 2.24) is 10.0 Å². The van der Waals surface area contributed by atoms with E-state index >= 15 is 0 Å². The van der Waals surface area contributed by atoms with E-state index in [4.69, 9.17) is 23.2 Å². The number of benzene rings is 2. The number of aryl methyl sites for hydroxylation is 1. The van der Waals surface area contributed by atoms with E-state index in [1.54, 1.807) is 24.3 Å². The molecule has 0 unspecified atom stereocenters. The zero-order chi connectivity index (χ0) is 24.7. The van der Waals surface area contributed by atoms with Gasteiger partial charge in [0.1, 0.15) is 6.04 Å². The van der Waals surface area contributed by atoms with Crippen LogP contribution >= 0.6 is 23.2 Å². The number of hydrazine groups is 1. The van der Waals surface area contributed by atoms with Gasteiger partial charge in [-0.25, -0.2) is 5.01 Å². The number of Topliss-reactive ketones (excluding diaryl/α,β-unsaturated/α-hetero) is 1. The minimum atomic E-state index is -1.12. The summed E-state index contributed by atoms with van der Waals surface area (Å²) in [5.74, 6) is -2.65. The Kier molecular flexibility index (Phi) is 6.83. The number of nitrogens with zero attached hydrogens (tertiary/aromatic N) is 2. The molecule has 2 aliphatic rings. The van der Waals surface area contributed by atoms with Crippen LogP contribution in [0.3, 0.4) is 0 Å². The molecule has 2 aromatic rings. The third kappa shape index (κ3) is 4.37. The summed E-state index contributed by atoms with van der Waals surface area (Å²) >= 11 is 12.3. The van der Waals surface area contributed by atoms with Crippen molar-refractivity contribution in [3.8, 4) is 0 Å². The fraction of sp³-hybridized carbons (Fsp3) is 0.385. The van der Waals surface area contributed by atoms with Crippen LogP contribution in [0.15, 0.2) is 42.5 Å². The number of amides is 3. The Hall–Kier alpha value is -2.70. The van der Waals surface area contributed by atoms with Crippen LogP contribution in [0.5, 0.6) is 0 Å². The Morgan fingerprint density at radius 3 is 2.29 bits per heavy atom. The van der Waals surface area contributed by atoms with Gasteiger partial charge in [0.05, 0.1) is 22.4 Å². The lowest BCUT2D eigenvalue weighted by Crippen LogP contribution is -2.56.